The van der Waals surface area contributed by atoms with Gasteiger partial charge in [0.2, 0.25) is 0 Å². The molecule has 2 rings (SSSR count). The first-order valence-electron chi connectivity index (χ1n) is 6.66. The molecule has 5 heteroatoms. The van der Waals surface area contributed by atoms with E-state index in [0.29, 0.717) is 11.4 Å². The van der Waals surface area contributed by atoms with E-state index in [1.165, 1.54) is 4.90 Å². The Labute approximate surface area is 118 Å². The highest BCUT2D eigenvalue weighted by Crippen LogP contribution is 2.34. The molecule has 1 heterocycles. The van der Waals surface area contributed by atoms with Crippen LogP contribution < -0.4 is 9.64 Å². The number of rotatable bonds is 3. The van der Waals surface area contributed by atoms with Crippen molar-refractivity contribution in [2.45, 2.75) is 39.9 Å². The Hall–Kier alpha value is -2.04. The molecule has 5 nitrogen and oxygen atoms in total. The van der Waals surface area contributed by atoms with Gasteiger partial charge in [0, 0.05) is 0 Å². The van der Waals surface area contributed by atoms with E-state index < -0.39 is 12.1 Å². The SMILES string of the molecule is Cc1ccc2c(c1)N(CC(=O)OC(C)C)C(=O)[C@H](C)O2. The van der Waals surface area contributed by atoms with Gasteiger partial charge in [0.15, 0.2) is 6.10 Å². The Bertz CT molecular complexity index is 539. The summed E-state index contributed by atoms with van der Waals surface area (Å²) in [5.41, 5.74) is 1.62. The van der Waals surface area contributed by atoms with Crippen LogP contribution in [0.5, 0.6) is 5.75 Å². The number of anilines is 1. The second kappa shape index (κ2) is 5.53. The van der Waals surface area contributed by atoms with Gasteiger partial charge in [-0.1, -0.05) is 6.07 Å². The summed E-state index contributed by atoms with van der Waals surface area (Å²) in [5, 5.41) is 0. The predicted octanol–water partition coefficient (Wildman–Crippen LogP) is 2.06. The minimum Gasteiger partial charge on any atom is -0.479 e. The molecule has 0 unspecified atom stereocenters. The summed E-state index contributed by atoms with van der Waals surface area (Å²) in [6.45, 7) is 7.06. The first kappa shape index (κ1) is 14.4. The molecule has 0 spiro atoms. The fourth-order valence-corrected chi connectivity index (χ4v) is 2.11. The summed E-state index contributed by atoms with van der Waals surface area (Å²) in [5.74, 6) is -0.0428. The molecular formula is C15H19NO4. The third-order valence-electron chi connectivity index (χ3n) is 2.98. The molecule has 1 aromatic carbocycles. The van der Waals surface area contributed by atoms with E-state index in [1.807, 2.05) is 25.1 Å². The Morgan fingerprint density at radius 2 is 2.15 bits per heavy atom. The summed E-state index contributed by atoms with van der Waals surface area (Å²) < 4.78 is 10.7. The smallest absolute Gasteiger partial charge is 0.326 e. The van der Waals surface area contributed by atoms with E-state index in [9.17, 15) is 9.59 Å². The summed E-state index contributed by atoms with van der Waals surface area (Å²) in [6, 6.07) is 5.56. The van der Waals surface area contributed by atoms with Crippen molar-refractivity contribution in [2.75, 3.05) is 11.4 Å². The van der Waals surface area contributed by atoms with E-state index in [2.05, 4.69) is 0 Å². The largest absolute Gasteiger partial charge is 0.479 e. The summed E-state index contributed by atoms with van der Waals surface area (Å²) in [6.07, 6.45) is -0.801. The van der Waals surface area contributed by atoms with Crippen molar-refractivity contribution in [3.05, 3.63) is 23.8 Å². The topological polar surface area (TPSA) is 55.8 Å². The van der Waals surface area contributed by atoms with Crippen LogP contribution in [0.2, 0.25) is 0 Å². The minimum atomic E-state index is -0.600. The lowest BCUT2D eigenvalue weighted by atomic mass is 10.1. The molecule has 1 aromatic rings. The lowest BCUT2D eigenvalue weighted by molar-refractivity contribution is -0.146. The number of hydrogen-bond acceptors (Lipinski definition) is 4. The quantitative estimate of drug-likeness (QED) is 0.794. The number of amides is 1. The summed E-state index contributed by atoms with van der Waals surface area (Å²) in [4.78, 5) is 25.5. The summed E-state index contributed by atoms with van der Waals surface area (Å²) >= 11 is 0. The Balaban J connectivity index is 2.29. The monoisotopic (exact) mass is 277 g/mol. The van der Waals surface area contributed by atoms with Crippen molar-refractivity contribution in [3.8, 4) is 5.75 Å². The van der Waals surface area contributed by atoms with E-state index in [0.717, 1.165) is 5.56 Å². The van der Waals surface area contributed by atoms with Crippen LogP contribution in [-0.2, 0) is 14.3 Å². The molecule has 0 aliphatic carbocycles. The van der Waals surface area contributed by atoms with E-state index in [4.69, 9.17) is 9.47 Å². The second-order valence-electron chi connectivity index (χ2n) is 5.19. The molecule has 0 aromatic heterocycles. The maximum Gasteiger partial charge on any atom is 0.326 e. The second-order valence-corrected chi connectivity index (χ2v) is 5.19. The van der Waals surface area contributed by atoms with Crippen molar-refractivity contribution < 1.29 is 19.1 Å². The molecule has 1 aliphatic rings. The number of nitrogens with zero attached hydrogens (tertiary/aromatic N) is 1. The van der Waals surface area contributed by atoms with Gasteiger partial charge in [0.05, 0.1) is 11.8 Å². The molecule has 0 N–H and O–H groups in total. The van der Waals surface area contributed by atoms with Crippen molar-refractivity contribution in [2.24, 2.45) is 0 Å². The Kier molecular flexibility index (Phi) is 3.97. The number of carbonyl (C=O) groups is 2. The Morgan fingerprint density at radius 3 is 2.80 bits per heavy atom. The average molecular weight is 277 g/mol. The number of fused-ring (bicyclic) bond motifs is 1. The maximum absolute atomic E-state index is 12.2. The molecule has 1 amide bonds. The number of benzene rings is 1. The molecule has 108 valence electrons. The van der Waals surface area contributed by atoms with E-state index in [-0.39, 0.29) is 18.6 Å². The van der Waals surface area contributed by atoms with Crippen LogP contribution >= 0.6 is 0 Å². The molecule has 0 saturated carbocycles. The molecule has 0 radical (unpaired) electrons. The number of ether oxygens (including phenoxy) is 2. The highest BCUT2D eigenvalue weighted by Gasteiger charge is 2.33. The van der Waals surface area contributed by atoms with Crippen LogP contribution in [0.15, 0.2) is 18.2 Å². The van der Waals surface area contributed by atoms with Gasteiger partial charge in [-0.2, -0.15) is 0 Å². The number of aryl methyl sites for hydroxylation is 1. The van der Waals surface area contributed by atoms with Crippen molar-refractivity contribution >= 4 is 17.6 Å². The lowest BCUT2D eigenvalue weighted by Crippen LogP contribution is -2.47. The fraction of sp³-hybridized carbons (Fsp3) is 0.467. The zero-order chi connectivity index (χ0) is 14.9. The Morgan fingerprint density at radius 1 is 1.45 bits per heavy atom. The fourth-order valence-electron chi connectivity index (χ4n) is 2.11. The normalized spacial score (nSPS) is 17.8. The highest BCUT2D eigenvalue weighted by molar-refractivity contribution is 6.03. The zero-order valence-corrected chi connectivity index (χ0v) is 12.2. The first-order chi connectivity index (χ1) is 9.38. The van der Waals surface area contributed by atoms with Gasteiger partial charge in [-0.3, -0.25) is 14.5 Å². The van der Waals surface area contributed by atoms with Gasteiger partial charge in [0.25, 0.3) is 5.91 Å². The predicted molar refractivity (Wildman–Crippen MR) is 74.9 cm³/mol. The standard InChI is InChI=1S/C15H19NO4/c1-9(2)19-14(17)8-16-12-7-10(3)5-6-13(12)20-11(4)15(16)18/h5-7,9,11H,8H2,1-4H3/t11-/m0/s1. The van der Waals surface area contributed by atoms with Crippen LogP contribution in [0.1, 0.15) is 26.3 Å². The molecule has 1 aliphatic heterocycles. The van der Waals surface area contributed by atoms with Gasteiger partial charge >= 0.3 is 5.97 Å². The highest BCUT2D eigenvalue weighted by atomic mass is 16.5. The molecule has 20 heavy (non-hydrogen) atoms. The minimum absolute atomic E-state index is 0.0961. The van der Waals surface area contributed by atoms with Crippen LogP contribution in [0, 0.1) is 6.92 Å². The molecule has 0 saturated heterocycles. The first-order valence-corrected chi connectivity index (χ1v) is 6.66. The summed E-state index contributed by atoms with van der Waals surface area (Å²) in [7, 11) is 0. The molecule has 0 fully saturated rings. The molecular weight excluding hydrogens is 258 g/mol. The zero-order valence-electron chi connectivity index (χ0n) is 12.2. The average Bonchev–Trinajstić information content (AvgIpc) is 2.35. The lowest BCUT2D eigenvalue weighted by Gasteiger charge is -2.32. The van der Waals surface area contributed by atoms with Crippen molar-refractivity contribution in [1.82, 2.24) is 0 Å². The van der Waals surface area contributed by atoms with Gasteiger partial charge in [-0.25, -0.2) is 0 Å². The third-order valence-corrected chi connectivity index (χ3v) is 2.98. The van der Waals surface area contributed by atoms with Crippen LogP contribution in [0.3, 0.4) is 0 Å². The molecule has 1 atom stereocenters. The van der Waals surface area contributed by atoms with E-state index in [1.54, 1.807) is 20.8 Å². The molecule has 0 bridgehead atoms. The van der Waals surface area contributed by atoms with Crippen LogP contribution in [0.25, 0.3) is 0 Å². The maximum atomic E-state index is 12.2. The van der Waals surface area contributed by atoms with Crippen LogP contribution in [-0.4, -0.2) is 30.6 Å². The van der Waals surface area contributed by atoms with Gasteiger partial charge in [-0.15, -0.1) is 0 Å². The van der Waals surface area contributed by atoms with E-state index >= 15 is 0 Å². The van der Waals surface area contributed by atoms with Crippen molar-refractivity contribution in [1.29, 1.82) is 0 Å². The van der Waals surface area contributed by atoms with Crippen LogP contribution in [0.4, 0.5) is 5.69 Å². The number of esters is 1. The third kappa shape index (κ3) is 2.92. The van der Waals surface area contributed by atoms with Gasteiger partial charge in [0.1, 0.15) is 12.3 Å². The van der Waals surface area contributed by atoms with Gasteiger partial charge < -0.3 is 9.47 Å². The van der Waals surface area contributed by atoms with Crippen molar-refractivity contribution in [3.63, 3.8) is 0 Å². The number of carbonyl (C=O) groups excluding carboxylic acids is 2. The number of hydrogen-bond donors (Lipinski definition) is 0. The van der Waals surface area contributed by atoms with Gasteiger partial charge in [-0.05, 0) is 45.4 Å².